The molecule has 124 valence electrons. The average molecular weight is 321 g/mol. The molecule has 1 saturated heterocycles. The van der Waals surface area contributed by atoms with Gasteiger partial charge in [-0.15, -0.1) is 6.58 Å². The summed E-state index contributed by atoms with van der Waals surface area (Å²) < 4.78 is 0. The monoisotopic (exact) mass is 321 g/mol. The normalized spacial score (nSPS) is 19.8. The van der Waals surface area contributed by atoms with Crippen molar-refractivity contribution in [3.63, 3.8) is 0 Å². The molecule has 0 saturated carbocycles. The Bertz CT molecular complexity index is 706. The number of benzene rings is 1. The van der Waals surface area contributed by atoms with Crippen molar-refractivity contribution in [3.05, 3.63) is 67.0 Å². The van der Waals surface area contributed by atoms with Crippen LogP contribution in [-0.2, 0) is 11.2 Å². The van der Waals surface area contributed by atoms with Gasteiger partial charge >= 0.3 is 0 Å². The zero-order chi connectivity index (χ0) is 16.8. The van der Waals surface area contributed by atoms with Crippen molar-refractivity contribution in [2.75, 3.05) is 13.1 Å². The first-order valence-corrected chi connectivity index (χ1v) is 8.38. The van der Waals surface area contributed by atoms with E-state index in [0.29, 0.717) is 13.0 Å². The van der Waals surface area contributed by atoms with Gasteiger partial charge in [-0.1, -0.05) is 36.4 Å². The fraction of sp³-hybridized carbons (Fsp3) is 0.300. The highest BCUT2D eigenvalue weighted by Crippen LogP contribution is 2.30. The minimum Gasteiger partial charge on any atom is -0.351 e. The van der Waals surface area contributed by atoms with Crippen LogP contribution < -0.4 is 10.6 Å². The van der Waals surface area contributed by atoms with Crippen molar-refractivity contribution >= 4 is 5.91 Å². The highest BCUT2D eigenvalue weighted by atomic mass is 16.2. The quantitative estimate of drug-likeness (QED) is 0.804. The summed E-state index contributed by atoms with van der Waals surface area (Å²) in [5.41, 5.74) is 2.83. The van der Waals surface area contributed by atoms with Crippen LogP contribution in [0.5, 0.6) is 0 Å². The van der Waals surface area contributed by atoms with Gasteiger partial charge in [0.1, 0.15) is 5.54 Å². The van der Waals surface area contributed by atoms with Crippen molar-refractivity contribution in [1.29, 1.82) is 0 Å². The van der Waals surface area contributed by atoms with E-state index >= 15 is 0 Å². The van der Waals surface area contributed by atoms with Crippen molar-refractivity contribution in [1.82, 2.24) is 15.6 Å². The summed E-state index contributed by atoms with van der Waals surface area (Å²) in [6, 6.07) is 12.2. The van der Waals surface area contributed by atoms with Gasteiger partial charge in [-0.2, -0.15) is 0 Å². The number of aromatic nitrogens is 1. The van der Waals surface area contributed by atoms with Gasteiger partial charge < -0.3 is 10.6 Å². The summed E-state index contributed by atoms with van der Waals surface area (Å²) in [6.07, 6.45) is 7.87. The molecule has 0 spiro atoms. The number of nitrogens with zero attached hydrogens (tertiary/aromatic N) is 1. The second-order valence-corrected chi connectivity index (χ2v) is 6.19. The Hall–Kier alpha value is -2.46. The topological polar surface area (TPSA) is 54.0 Å². The molecule has 0 bridgehead atoms. The molecule has 4 heteroatoms. The Morgan fingerprint density at radius 3 is 2.92 bits per heavy atom. The maximum absolute atomic E-state index is 12.7. The van der Waals surface area contributed by atoms with Crippen LogP contribution >= 0.6 is 0 Å². The van der Waals surface area contributed by atoms with E-state index in [9.17, 15) is 4.79 Å². The second-order valence-electron chi connectivity index (χ2n) is 6.19. The minimum absolute atomic E-state index is 0.0564. The minimum atomic E-state index is -0.540. The summed E-state index contributed by atoms with van der Waals surface area (Å²) in [4.78, 5) is 17.0. The van der Waals surface area contributed by atoms with Gasteiger partial charge in [-0.05, 0) is 36.6 Å². The number of carbonyl (C=O) groups excluding carboxylic acids is 1. The third-order valence-electron chi connectivity index (χ3n) is 4.57. The summed E-state index contributed by atoms with van der Waals surface area (Å²) in [6.45, 7) is 5.04. The van der Waals surface area contributed by atoms with E-state index in [1.54, 1.807) is 12.3 Å². The van der Waals surface area contributed by atoms with Crippen LogP contribution in [-0.4, -0.2) is 29.5 Å². The van der Waals surface area contributed by atoms with Crippen LogP contribution in [0.2, 0.25) is 0 Å². The molecule has 1 aromatic carbocycles. The molecule has 2 heterocycles. The molecule has 0 aliphatic carbocycles. The molecule has 4 nitrogen and oxygen atoms in total. The number of carbonyl (C=O) groups is 1. The fourth-order valence-electron chi connectivity index (χ4n) is 3.37. The van der Waals surface area contributed by atoms with Crippen LogP contribution in [0.4, 0.5) is 0 Å². The molecule has 1 aliphatic heterocycles. The maximum Gasteiger partial charge on any atom is 0.240 e. The maximum atomic E-state index is 12.7. The summed E-state index contributed by atoms with van der Waals surface area (Å²) in [7, 11) is 0. The van der Waals surface area contributed by atoms with Gasteiger partial charge in [0.2, 0.25) is 5.91 Å². The van der Waals surface area contributed by atoms with E-state index < -0.39 is 5.54 Å². The molecule has 2 aromatic rings. The number of hydrogen-bond donors (Lipinski definition) is 2. The Kier molecular flexibility index (Phi) is 5.06. The average Bonchev–Trinajstić information content (AvgIpc) is 3.10. The van der Waals surface area contributed by atoms with Crippen molar-refractivity contribution in [2.24, 2.45) is 0 Å². The van der Waals surface area contributed by atoms with Crippen molar-refractivity contribution < 1.29 is 4.79 Å². The third-order valence-corrected chi connectivity index (χ3v) is 4.57. The molecular weight excluding hydrogens is 298 g/mol. The molecular formula is C20H23N3O. The van der Waals surface area contributed by atoms with Gasteiger partial charge in [0.25, 0.3) is 0 Å². The molecule has 3 rings (SSSR count). The number of hydrogen-bond acceptors (Lipinski definition) is 3. The van der Waals surface area contributed by atoms with Crippen LogP contribution in [0.1, 0.15) is 18.4 Å². The van der Waals surface area contributed by atoms with Crippen LogP contribution in [0.3, 0.4) is 0 Å². The van der Waals surface area contributed by atoms with Gasteiger partial charge in [0.15, 0.2) is 0 Å². The zero-order valence-electron chi connectivity index (χ0n) is 13.8. The van der Waals surface area contributed by atoms with E-state index in [4.69, 9.17) is 0 Å². The van der Waals surface area contributed by atoms with Gasteiger partial charge in [-0.25, -0.2) is 0 Å². The number of rotatable bonds is 6. The van der Waals surface area contributed by atoms with Crippen molar-refractivity contribution in [2.45, 2.75) is 24.8 Å². The Morgan fingerprint density at radius 2 is 2.21 bits per heavy atom. The van der Waals surface area contributed by atoms with Gasteiger partial charge in [0.05, 0.1) is 0 Å². The van der Waals surface area contributed by atoms with E-state index in [0.717, 1.165) is 36.1 Å². The summed E-state index contributed by atoms with van der Waals surface area (Å²) >= 11 is 0. The lowest BCUT2D eigenvalue weighted by Gasteiger charge is -2.29. The second kappa shape index (κ2) is 7.41. The molecule has 2 N–H and O–H groups in total. The predicted octanol–water partition coefficient (Wildman–Crippen LogP) is 2.72. The standard InChI is InChI=1S/C20H23N3O/c1-2-11-22-19(24)20(10-6-13-23-20)14-16-7-3-4-9-18(16)17-8-5-12-21-15-17/h2-5,7-9,12,15,23H,1,6,10-11,13-14H2,(H,22,24). The first kappa shape index (κ1) is 16.4. The van der Waals surface area contributed by atoms with Crippen LogP contribution in [0.15, 0.2) is 61.4 Å². The van der Waals surface area contributed by atoms with Crippen LogP contribution in [0, 0.1) is 0 Å². The summed E-state index contributed by atoms with van der Waals surface area (Å²) in [5, 5.41) is 6.41. The SMILES string of the molecule is C=CCNC(=O)C1(Cc2ccccc2-c2cccnc2)CCCN1. The lowest BCUT2D eigenvalue weighted by molar-refractivity contribution is -0.126. The van der Waals surface area contributed by atoms with Crippen LogP contribution in [0.25, 0.3) is 11.1 Å². The predicted molar refractivity (Wildman–Crippen MR) is 96.6 cm³/mol. The zero-order valence-corrected chi connectivity index (χ0v) is 13.8. The van der Waals surface area contributed by atoms with Crippen molar-refractivity contribution in [3.8, 4) is 11.1 Å². The molecule has 1 aromatic heterocycles. The van der Waals surface area contributed by atoms with E-state index in [1.165, 1.54) is 0 Å². The largest absolute Gasteiger partial charge is 0.351 e. The first-order chi connectivity index (χ1) is 11.7. The highest BCUT2D eigenvalue weighted by molar-refractivity contribution is 5.87. The first-order valence-electron chi connectivity index (χ1n) is 8.38. The van der Waals surface area contributed by atoms with E-state index in [-0.39, 0.29) is 5.91 Å². The molecule has 0 radical (unpaired) electrons. The lowest BCUT2D eigenvalue weighted by Crippen LogP contribution is -2.55. The summed E-state index contributed by atoms with van der Waals surface area (Å²) in [5.74, 6) is 0.0564. The Labute approximate surface area is 143 Å². The molecule has 24 heavy (non-hydrogen) atoms. The molecule has 1 atom stereocenters. The number of pyridine rings is 1. The highest BCUT2D eigenvalue weighted by Gasteiger charge is 2.41. The number of nitrogens with one attached hydrogen (secondary N) is 2. The molecule has 1 fully saturated rings. The van der Waals surface area contributed by atoms with Gasteiger partial charge in [-0.3, -0.25) is 9.78 Å². The Balaban J connectivity index is 1.91. The van der Waals surface area contributed by atoms with E-state index in [1.807, 2.05) is 24.4 Å². The fourth-order valence-corrected chi connectivity index (χ4v) is 3.37. The number of amides is 1. The smallest absolute Gasteiger partial charge is 0.240 e. The van der Waals surface area contributed by atoms with E-state index in [2.05, 4.69) is 40.4 Å². The van der Waals surface area contributed by atoms with Gasteiger partial charge in [0, 0.05) is 30.9 Å². The Morgan fingerprint density at radius 1 is 1.33 bits per heavy atom. The molecule has 1 amide bonds. The third kappa shape index (κ3) is 3.39. The lowest BCUT2D eigenvalue weighted by atomic mass is 9.85. The molecule has 1 aliphatic rings. The molecule has 1 unspecified atom stereocenters.